The van der Waals surface area contributed by atoms with Gasteiger partial charge in [-0.25, -0.2) is 8.42 Å². The summed E-state index contributed by atoms with van der Waals surface area (Å²) in [5, 5.41) is 2.77. The Labute approximate surface area is 188 Å². The van der Waals surface area contributed by atoms with Gasteiger partial charge in [0.05, 0.1) is 12.0 Å². The van der Waals surface area contributed by atoms with Crippen LogP contribution in [0.5, 0.6) is 11.5 Å². The first kappa shape index (κ1) is 23.1. The van der Waals surface area contributed by atoms with E-state index >= 15 is 0 Å². The van der Waals surface area contributed by atoms with E-state index in [1.807, 2.05) is 38.1 Å². The Morgan fingerprint density at radius 2 is 1.44 bits per heavy atom. The fraction of sp³-hybridized carbons (Fsp3) is 0.208. The van der Waals surface area contributed by atoms with Crippen LogP contribution in [0.15, 0.2) is 77.7 Å². The Morgan fingerprint density at radius 3 is 2.00 bits per heavy atom. The molecule has 0 aliphatic carbocycles. The molecule has 0 heterocycles. The van der Waals surface area contributed by atoms with Gasteiger partial charge < -0.3 is 14.8 Å². The highest BCUT2D eigenvalue weighted by molar-refractivity contribution is 7.92. The first-order chi connectivity index (χ1) is 15.3. The van der Waals surface area contributed by atoms with Crippen LogP contribution in [0.1, 0.15) is 18.9 Å². The molecule has 3 aromatic carbocycles. The maximum atomic E-state index is 12.6. The predicted octanol–water partition coefficient (Wildman–Crippen LogP) is 4.60. The van der Waals surface area contributed by atoms with E-state index in [-0.39, 0.29) is 10.8 Å². The summed E-state index contributed by atoms with van der Waals surface area (Å²) in [6, 6.07) is 20.0. The summed E-state index contributed by atoms with van der Waals surface area (Å²) in [7, 11) is -2.23. The third-order valence-corrected chi connectivity index (χ3v) is 6.13. The molecule has 3 aromatic rings. The Hall–Kier alpha value is -3.52. The summed E-state index contributed by atoms with van der Waals surface area (Å²) in [4.78, 5) is 12.7. The van der Waals surface area contributed by atoms with Gasteiger partial charge in [-0.05, 0) is 74.0 Å². The number of hydrogen-bond donors (Lipinski definition) is 2. The summed E-state index contributed by atoms with van der Waals surface area (Å²) >= 11 is 0. The molecule has 0 radical (unpaired) electrons. The Balaban J connectivity index is 1.64. The van der Waals surface area contributed by atoms with Crippen molar-refractivity contribution in [1.82, 2.24) is 0 Å². The van der Waals surface area contributed by atoms with Crippen LogP contribution in [0.2, 0.25) is 0 Å². The molecule has 0 aliphatic heterocycles. The van der Waals surface area contributed by atoms with E-state index in [2.05, 4.69) is 10.0 Å². The van der Waals surface area contributed by atoms with Gasteiger partial charge in [-0.2, -0.15) is 0 Å². The van der Waals surface area contributed by atoms with Gasteiger partial charge in [-0.1, -0.05) is 24.6 Å². The first-order valence-electron chi connectivity index (χ1n) is 10.1. The molecule has 1 atom stereocenters. The Morgan fingerprint density at radius 1 is 0.875 bits per heavy atom. The highest BCUT2D eigenvalue weighted by Gasteiger charge is 2.19. The van der Waals surface area contributed by atoms with Crippen molar-refractivity contribution in [2.24, 2.45) is 0 Å². The monoisotopic (exact) mass is 454 g/mol. The number of nitrogens with one attached hydrogen (secondary N) is 2. The molecule has 168 valence electrons. The van der Waals surface area contributed by atoms with Crippen molar-refractivity contribution in [3.05, 3.63) is 78.4 Å². The predicted molar refractivity (Wildman–Crippen MR) is 125 cm³/mol. The van der Waals surface area contributed by atoms with Crippen molar-refractivity contribution in [1.29, 1.82) is 0 Å². The van der Waals surface area contributed by atoms with Gasteiger partial charge in [0, 0.05) is 11.4 Å². The highest BCUT2D eigenvalue weighted by Crippen LogP contribution is 2.21. The summed E-state index contributed by atoms with van der Waals surface area (Å²) < 4.78 is 38.6. The van der Waals surface area contributed by atoms with Gasteiger partial charge in [0.1, 0.15) is 11.5 Å². The number of hydrogen-bond acceptors (Lipinski definition) is 5. The van der Waals surface area contributed by atoms with Crippen LogP contribution in [0, 0.1) is 6.92 Å². The lowest BCUT2D eigenvalue weighted by molar-refractivity contribution is -0.122. The van der Waals surface area contributed by atoms with Crippen LogP contribution in [-0.2, 0) is 14.8 Å². The van der Waals surface area contributed by atoms with Crippen LogP contribution in [0.3, 0.4) is 0 Å². The minimum absolute atomic E-state index is 0.0780. The summed E-state index contributed by atoms with van der Waals surface area (Å²) in [6.07, 6.45) is -0.185. The molecule has 7 nitrogen and oxygen atoms in total. The van der Waals surface area contributed by atoms with E-state index in [0.717, 1.165) is 5.56 Å². The second-order valence-electron chi connectivity index (χ2n) is 7.18. The van der Waals surface area contributed by atoms with Crippen molar-refractivity contribution in [2.75, 3.05) is 17.1 Å². The average molecular weight is 455 g/mol. The minimum Gasteiger partial charge on any atom is -0.497 e. The Bertz CT molecular complexity index is 1140. The summed E-state index contributed by atoms with van der Waals surface area (Å²) in [5.74, 6) is 0.938. The largest absolute Gasteiger partial charge is 0.497 e. The van der Waals surface area contributed by atoms with Gasteiger partial charge in [0.25, 0.3) is 15.9 Å². The van der Waals surface area contributed by atoms with E-state index in [1.165, 1.54) is 19.2 Å². The number of carbonyl (C=O) groups excluding carboxylic acids is 1. The Kier molecular flexibility index (Phi) is 7.37. The van der Waals surface area contributed by atoms with E-state index in [0.29, 0.717) is 29.3 Å². The second-order valence-corrected chi connectivity index (χ2v) is 8.86. The molecular formula is C24H26N2O5S. The molecule has 0 spiro atoms. The van der Waals surface area contributed by atoms with Crippen LogP contribution in [0.25, 0.3) is 0 Å². The lowest BCUT2D eigenvalue weighted by atomic mass is 10.2. The number of amides is 1. The molecule has 8 heteroatoms. The van der Waals surface area contributed by atoms with Gasteiger partial charge in [-0.15, -0.1) is 0 Å². The molecule has 0 saturated carbocycles. The molecule has 1 unspecified atom stereocenters. The molecular weight excluding hydrogens is 428 g/mol. The number of rotatable bonds is 9. The molecule has 0 aliphatic rings. The van der Waals surface area contributed by atoms with Gasteiger partial charge >= 0.3 is 0 Å². The zero-order valence-electron chi connectivity index (χ0n) is 18.2. The first-order valence-corrected chi connectivity index (χ1v) is 11.6. The molecule has 0 saturated heterocycles. The zero-order chi connectivity index (χ0) is 23.1. The zero-order valence-corrected chi connectivity index (χ0v) is 19.0. The minimum atomic E-state index is -3.77. The molecule has 0 aromatic heterocycles. The van der Waals surface area contributed by atoms with Crippen molar-refractivity contribution in [2.45, 2.75) is 31.3 Å². The number of carbonyl (C=O) groups is 1. The van der Waals surface area contributed by atoms with E-state index in [1.54, 1.807) is 36.4 Å². The number of anilines is 2. The third-order valence-electron chi connectivity index (χ3n) is 4.74. The van der Waals surface area contributed by atoms with Crippen molar-refractivity contribution < 1.29 is 22.7 Å². The van der Waals surface area contributed by atoms with Crippen molar-refractivity contribution in [3.63, 3.8) is 0 Å². The summed E-state index contributed by atoms with van der Waals surface area (Å²) in [5.41, 5.74) is 2.00. The standard InChI is InChI=1S/C24H26N2O5S/c1-4-23(31-21-11-5-17(2)6-12-21)24(27)25-18-9-15-22(16-10-18)32(28,29)26-19-7-13-20(30-3)14-8-19/h5-16,23,26H,4H2,1-3H3,(H,25,27). The molecule has 3 rings (SSSR count). The maximum Gasteiger partial charge on any atom is 0.265 e. The molecule has 1 amide bonds. The number of benzene rings is 3. The average Bonchev–Trinajstić information content (AvgIpc) is 2.79. The smallest absolute Gasteiger partial charge is 0.265 e. The van der Waals surface area contributed by atoms with E-state index in [4.69, 9.17) is 9.47 Å². The van der Waals surface area contributed by atoms with Gasteiger partial charge in [0.2, 0.25) is 0 Å². The van der Waals surface area contributed by atoms with Crippen LogP contribution >= 0.6 is 0 Å². The number of ether oxygens (including phenoxy) is 2. The third kappa shape index (κ3) is 6.01. The number of aryl methyl sites for hydroxylation is 1. The second kappa shape index (κ2) is 10.2. The summed E-state index contributed by atoms with van der Waals surface area (Å²) in [6.45, 7) is 3.84. The van der Waals surface area contributed by atoms with Crippen LogP contribution in [-0.4, -0.2) is 27.5 Å². The molecule has 0 fully saturated rings. The van der Waals surface area contributed by atoms with Crippen molar-refractivity contribution in [3.8, 4) is 11.5 Å². The number of methoxy groups -OCH3 is 1. The maximum absolute atomic E-state index is 12.6. The van der Waals surface area contributed by atoms with Gasteiger partial charge in [0.15, 0.2) is 6.10 Å². The lowest BCUT2D eigenvalue weighted by Gasteiger charge is -2.17. The van der Waals surface area contributed by atoms with Crippen molar-refractivity contribution >= 4 is 27.3 Å². The normalized spacial score (nSPS) is 12.0. The quantitative estimate of drug-likeness (QED) is 0.493. The van der Waals surface area contributed by atoms with Crippen LogP contribution < -0.4 is 19.5 Å². The van der Waals surface area contributed by atoms with E-state index in [9.17, 15) is 13.2 Å². The molecule has 32 heavy (non-hydrogen) atoms. The molecule has 2 N–H and O–H groups in total. The van der Waals surface area contributed by atoms with Gasteiger partial charge in [-0.3, -0.25) is 9.52 Å². The highest BCUT2D eigenvalue weighted by atomic mass is 32.2. The number of sulfonamides is 1. The molecule has 0 bridgehead atoms. The fourth-order valence-electron chi connectivity index (χ4n) is 2.92. The SMILES string of the molecule is CCC(Oc1ccc(C)cc1)C(=O)Nc1ccc(S(=O)(=O)Nc2ccc(OC)cc2)cc1. The fourth-order valence-corrected chi connectivity index (χ4v) is 3.98. The van der Waals surface area contributed by atoms with Crippen LogP contribution in [0.4, 0.5) is 11.4 Å². The lowest BCUT2D eigenvalue weighted by Crippen LogP contribution is -2.32. The van der Waals surface area contributed by atoms with E-state index < -0.39 is 16.1 Å². The topological polar surface area (TPSA) is 93.7 Å².